The van der Waals surface area contributed by atoms with Gasteiger partial charge in [-0.05, 0) is 35.4 Å². The number of carboxylic acids is 1. The second-order valence-electron chi connectivity index (χ2n) is 4.69. The van der Waals surface area contributed by atoms with Crippen LogP contribution in [0.15, 0.2) is 35.7 Å². The largest absolute Gasteiger partial charge is 0.478 e. The number of thiophene rings is 1. The first-order valence-electron chi connectivity index (χ1n) is 6.78. The van der Waals surface area contributed by atoms with Crippen LogP contribution >= 0.6 is 11.3 Å². The molecule has 0 fully saturated rings. The second kappa shape index (κ2) is 7.04. The summed E-state index contributed by atoms with van der Waals surface area (Å²) in [5.41, 5.74) is 2.51. The van der Waals surface area contributed by atoms with Crippen molar-refractivity contribution in [1.29, 1.82) is 0 Å². The van der Waals surface area contributed by atoms with Crippen molar-refractivity contribution in [3.8, 4) is 0 Å². The van der Waals surface area contributed by atoms with E-state index in [1.807, 2.05) is 12.1 Å². The number of hydrogen-bond acceptors (Lipinski definition) is 3. The molecule has 2 rings (SSSR count). The topological polar surface area (TPSA) is 66.4 Å². The van der Waals surface area contributed by atoms with E-state index in [1.165, 1.54) is 23.0 Å². The number of nitrogens with one attached hydrogen (secondary N) is 1. The summed E-state index contributed by atoms with van der Waals surface area (Å²) in [5, 5.41) is 13.7. The Morgan fingerprint density at radius 1 is 1.14 bits per heavy atom. The maximum Gasteiger partial charge on any atom is 0.338 e. The van der Waals surface area contributed by atoms with Crippen molar-refractivity contribution < 1.29 is 14.7 Å². The SMILES string of the molecule is CCc1ccc(CCC(=O)Nc2sccc2C(=O)O)cc1. The minimum absolute atomic E-state index is 0.139. The fourth-order valence-corrected chi connectivity index (χ4v) is 2.76. The standard InChI is InChI=1S/C16H17NO3S/c1-2-11-3-5-12(6-4-11)7-8-14(18)17-15-13(16(19)20)9-10-21-15/h3-6,9-10H,2,7-8H2,1H3,(H,17,18)(H,19,20). The molecule has 0 saturated carbocycles. The van der Waals surface area contributed by atoms with Crippen molar-refractivity contribution in [2.75, 3.05) is 5.32 Å². The Morgan fingerprint density at radius 2 is 1.81 bits per heavy atom. The van der Waals surface area contributed by atoms with Crippen molar-refractivity contribution in [1.82, 2.24) is 0 Å². The van der Waals surface area contributed by atoms with Gasteiger partial charge in [-0.3, -0.25) is 4.79 Å². The Hall–Kier alpha value is -2.14. The van der Waals surface area contributed by atoms with E-state index >= 15 is 0 Å². The minimum Gasteiger partial charge on any atom is -0.478 e. The van der Waals surface area contributed by atoms with E-state index < -0.39 is 5.97 Å². The first kappa shape index (κ1) is 15.3. The number of anilines is 1. The van der Waals surface area contributed by atoms with Crippen LogP contribution in [0.2, 0.25) is 0 Å². The molecule has 1 aromatic carbocycles. The highest BCUT2D eigenvalue weighted by atomic mass is 32.1. The number of aryl methyl sites for hydroxylation is 2. The van der Waals surface area contributed by atoms with Crippen LogP contribution < -0.4 is 5.32 Å². The van der Waals surface area contributed by atoms with E-state index in [1.54, 1.807) is 5.38 Å². The van der Waals surface area contributed by atoms with E-state index in [0.29, 0.717) is 17.8 Å². The maximum atomic E-state index is 11.9. The van der Waals surface area contributed by atoms with Gasteiger partial charge in [0, 0.05) is 6.42 Å². The predicted molar refractivity (Wildman–Crippen MR) is 84.0 cm³/mol. The third kappa shape index (κ3) is 4.16. The number of carboxylic acid groups (broad SMARTS) is 1. The fraction of sp³-hybridized carbons (Fsp3) is 0.250. The van der Waals surface area contributed by atoms with Crippen LogP contribution in [0.4, 0.5) is 5.00 Å². The Kier molecular flexibility index (Phi) is 5.11. The molecular formula is C16H17NO3S. The molecule has 2 N–H and O–H groups in total. The molecule has 1 heterocycles. The number of carbonyl (C=O) groups excluding carboxylic acids is 1. The molecule has 21 heavy (non-hydrogen) atoms. The first-order valence-corrected chi connectivity index (χ1v) is 7.66. The van der Waals surface area contributed by atoms with E-state index in [4.69, 9.17) is 5.11 Å². The Bertz CT molecular complexity index is 631. The lowest BCUT2D eigenvalue weighted by Gasteiger charge is -2.05. The van der Waals surface area contributed by atoms with Crippen LogP contribution in [0.5, 0.6) is 0 Å². The quantitative estimate of drug-likeness (QED) is 0.857. The monoisotopic (exact) mass is 303 g/mol. The summed E-state index contributed by atoms with van der Waals surface area (Å²) >= 11 is 1.22. The lowest BCUT2D eigenvalue weighted by atomic mass is 10.1. The van der Waals surface area contributed by atoms with Gasteiger partial charge in [0.15, 0.2) is 0 Å². The highest BCUT2D eigenvalue weighted by Crippen LogP contribution is 2.23. The number of aromatic carboxylic acids is 1. The molecule has 5 heteroatoms. The predicted octanol–water partition coefficient (Wildman–Crippen LogP) is 3.58. The van der Waals surface area contributed by atoms with Gasteiger partial charge in [-0.25, -0.2) is 4.79 Å². The van der Waals surface area contributed by atoms with Crippen molar-refractivity contribution in [2.45, 2.75) is 26.2 Å². The average Bonchev–Trinajstić information content (AvgIpc) is 2.94. The zero-order valence-electron chi connectivity index (χ0n) is 11.8. The molecule has 0 atom stereocenters. The summed E-state index contributed by atoms with van der Waals surface area (Å²) in [6.07, 6.45) is 1.98. The third-order valence-corrected chi connectivity index (χ3v) is 4.05. The molecule has 0 radical (unpaired) electrons. The number of hydrogen-bond donors (Lipinski definition) is 2. The molecule has 0 aliphatic carbocycles. The van der Waals surface area contributed by atoms with Gasteiger partial charge in [-0.1, -0.05) is 31.2 Å². The average molecular weight is 303 g/mol. The van der Waals surface area contributed by atoms with Crippen molar-refractivity contribution in [3.05, 3.63) is 52.4 Å². The molecular weight excluding hydrogens is 286 g/mol. The molecule has 0 bridgehead atoms. The minimum atomic E-state index is -1.03. The normalized spacial score (nSPS) is 10.3. The van der Waals surface area contributed by atoms with Crippen LogP contribution in [0, 0.1) is 0 Å². The first-order chi connectivity index (χ1) is 10.1. The maximum absolute atomic E-state index is 11.9. The van der Waals surface area contributed by atoms with Crippen LogP contribution in [0.1, 0.15) is 34.8 Å². The molecule has 2 aromatic rings. The van der Waals surface area contributed by atoms with Gasteiger partial charge in [0.25, 0.3) is 0 Å². The highest BCUT2D eigenvalue weighted by molar-refractivity contribution is 7.14. The van der Waals surface area contributed by atoms with Gasteiger partial charge in [0.05, 0.1) is 5.56 Å². The van der Waals surface area contributed by atoms with Crippen LogP contribution in [-0.2, 0) is 17.6 Å². The molecule has 1 amide bonds. The highest BCUT2D eigenvalue weighted by Gasteiger charge is 2.13. The summed E-state index contributed by atoms with van der Waals surface area (Å²) in [4.78, 5) is 22.8. The molecule has 0 unspecified atom stereocenters. The van der Waals surface area contributed by atoms with E-state index in [0.717, 1.165) is 12.0 Å². The Labute approximate surface area is 127 Å². The summed E-state index contributed by atoms with van der Waals surface area (Å²) in [6.45, 7) is 2.10. The van der Waals surface area contributed by atoms with E-state index in [9.17, 15) is 9.59 Å². The lowest BCUT2D eigenvalue weighted by molar-refractivity contribution is -0.116. The van der Waals surface area contributed by atoms with Crippen molar-refractivity contribution in [2.24, 2.45) is 0 Å². The summed E-state index contributed by atoms with van der Waals surface area (Å²) in [5.74, 6) is -1.19. The molecule has 4 nitrogen and oxygen atoms in total. The van der Waals surface area contributed by atoms with Crippen LogP contribution in [0.25, 0.3) is 0 Å². The summed E-state index contributed by atoms with van der Waals surface area (Å²) < 4.78 is 0. The van der Waals surface area contributed by atoms with Gasteiger partial charge >= 0.3 is 5.97 Å². The molecule has 110 valence electrons. The molecule has 0 spiro atoms. The molecule has 0 aliphatic rings. The zero-order valence-corrected chi connectivity index (χ0v) is 12.6. The summed E-state index contributed by atoms with van der Waals surface area (Å²) in [6, 6.07) is 9.68. The Morgan fingerprint density at radius 3 is 2.43 bits per heavy atom. The van der Waals surface area contributed by atoms with Gasteiger partial charge in [-0.15, -0.1) is 11.3 Å². The number of benzene rings is 1. The fourth-order valence-electron chi connectivity index (χ4n) is 1.96. The summed E-state index contributed by atoms with van der Waals surface area (Å²) in [7, 11) is 0. The number of rotatable bonds is 6. The molecule has 0 aliphatic heterocycles. The van der Waals surface area contributed by atoms with Gasteiger partial charge in [0.1, 0.15) is 5.00 Å². The Balaban J connectivity index is 1.89. The van der Waals surface area contributed by atoms with Crippen LogP contribution in [-0.4, -0.2) is 17.0 Å². The van der Waals surface area contributed by atoms with Crippen molar-refractivity contribution >= 4 is 28.2 Å². The zero-order chi connectivity index (χ0) is 15.2. The third-order valence-electron chi connectivity index (χ3n) is 3.22. The number of amides is 1. The van der Waals surface area contributed by atoms with Gasteiger partial charge in [0.2, 0.25) is 5.91 Å². The van der Waals surface area contributed by atoms with E-state index in [2.05, 4.69) is 24.4 Å². The van der Waals surface area contributed by atoms with Crippen LogP contribution in [0.3, 0.4) is 0 Å². The second-order valence-corrected chi connectivity index (χ2v) is 5.60. The number of carbonyl (C=O) groups is 2. The molecule has 0 saturated heterocycles. The van der Waals surface area contributed by atoms with Crippen molar-refractivity contribution in [3.63, 3.8) is 0 Å². The lowest BCUT2D eigenvalue weighted by Crippen LogP contribution is -2.13. The smallest absolute Gasteiger partial charge is 0.338 e. The van der Waals surface area contributed by atoms with E-state index in [-0.39, 0.29) is 11.5 Å². The van der Waals surface area contributed by atoms with Gasteiger partial charge < -0.3 is 10.4 Å². The molecule has 1 aromatic heterocycles. The van der Waals surface area contributed by atoms with Gasteiger partial charge in [-0.2, -0.15) is 0 Å².